The number of ether oxygens (including phenoxy) is 1. The Morgan fingerprint density at radius 3 is 3.00 bits per heavy atom. The van der Waals surface area contributed by atoms with E-state index in [0.29, 0.717) is 16.1 Å². The number of hydrogen-bond donors (Lipinski definition) is 1. The van der Waals surface area contributed by atoms with Gasteiger partial charge in [0.1, 0.15) is 0 Å². The van der Waals surface area contributed by atoms with Crippen molar-refractivity contribution in [2.45, 2.75) is 11.3 Å². The molecule has 2 aromatic rings. The zero-order valence-electron chi connectivity index (χ0n) is 12.6. The van der Waals surface area contributed by atoms with Crippen LogP contribution in [0.5, 0.6) is 0 Å². The molecule has 0 fully saturated rings. The lowest BCUT2D eigenvalue weighted by Gasteiger charge is -1.98. The van der Waals surface area contributed by atoms with Gasteiger partial charge in [0.05, 0.1) is 18.6 Å². The van der Waals surface area contributed by atoms with E-state index in [-0.39, 0.29) is 17.6 Å². The molecule has 8 nitrogen and oxygen atoms in total. The van der Waals surface area contributed by atoms with Gasteiger partial charge in [0, 0.05) is 24.9 Å². The lowest BCUT2D eigenvalue weighted by molar-refractivity contribution is -0.139. The number of aromatic nitrogens is 4. The number of hydrogen-bond acceptors (Lipinski definition) is 8. The van der Waals surface area contributed by atoms with Gasteiger partial charge in [0.15, 0.2) is 4.34 Å². The molecule has 0 saturated carbocycles. The maximum Gasteiger partial charge on any atom is 0.316 e. The fourth-order valence-electron chi connectivity index (χ4n) is 1.49. The van der Waals surface area contributed by atoms with E-state index in [1.807, 2.05) is 0 Å². The van der Waals surface area contributed by atoms with Crippen molar-refractivity contribution < 1.29 is 14.3 Å². The fourth-order valence-corrected chi connectivity index (χ4v) is 3.04. The Kier molecular flexibility index (Phi) is 6.29. The number of carbonyl (C=O) groups is 2. The van der Waals surface area contributed by atoms with E-state index in [2.05, 4.69) is 20.6 Å². The van der Waals surface area contributed by atoms with Crippen molar-refractivity contribution in [1.29, 1.82) is 0 Å². The quantitative estimate of drug-likeness (QED) is 0.349. The molecule has 2 rings (SSSR count). The molecule has 23 heavy (non-hydrogen) atoms. The van der Waals surface area contributed by atoms with E-state index in [9.17, 15) is 9.59 Å². The maximum atomic E-state index is 11.8. The van der Waals surface area contributed by atoms with Crippen molar-refractivity contribution in [2.24, 2.45) is 7.05 Å². The molecular formula is C13H15N5O3S2. The molecule has 122 valence electrons. The Balaban J connectivity index is 1.82. The second kappa shape index (κ2) is 8.44. The van der Waals surface area contributed by atoms with Gasteiger partial charge in [0.25, 0.3) is 0 Å². The SMILES string of the molecule is CCOC(=O)CSc1nnc(NC(=O)C=Cc2cnn(C)c2)s1. The third-order valence-corrected chi connectivity index (χ3v) is 4.35. The molecule has 0 aliphatic heterocycles. The van der Waals surface area contributed by atoms with Crippen LogP contribution in [0.3, 0.4) is 0 Å². The van der Waals surface area contributed by atoms with Crippen LogP contribution >= 0.6 is 23.1 Å². The highest BCUT2D eigenvalue weighted by molar-refractivity contribution is 8.01. The van der Waals surface area contributed by atoms with Gasteiger partial charge >= 0.3 is 5.97 Å². The number of carbonyl (C=O) groups excluding carboxylic acids is 2. The summed E-state index contributed by atoms with van der Waals surface area (Å²) in [5, 5.41) is 14.7. The zero-order chi connectivity index (χ0) is 16.7. The Morgan fingerprint density at radius 1 is 1.48 bits per heavy atom. The number of amides is 1. The van der Waals surface area contributed by atoms with Crippen molar-refractivity contribution in [2.75, 3.05) is 17.7 Å². The van der Waals surface area contributed by atoms with Crippen LogP contribution in [0.2, 0.25) is 0 Å². The fraction of sp³-hybridized carbons (Fsp3) is 0.308. The molecule has 0 saturated heterocycles. The third kappa shape index (κ3) is 5.83. The van der Waals surface area contributed by atoms with Crippen LogP contribution in [-0.4, -0.2) is 44.2 Å². The third-order valence-electron chi connectivity index (χ3n) is 2.41. The van der Waals surface area contributed by atoms with E-state index < -0.39 is 0 Å². The molecule has 2 aromatic heterocycles. The van der Waals surface area contributed by atoms with E-state index >= 15 is 0 Å². The second-order valence-corrected chi connectivity index (χ2v) is 6.44. The van der Waals surface area contributed by atoms with Gasteiger partial charge in [0.2, 0.25) is 11.0 Å². The second-order valence-electron chi connectivity index (χ2n) is 4.24. The predicted octanol–water partition coefficient (Wildman–Crippen LogP) is 1.58. The first kappa shape index (κ1) is 17.2. The summed E-state index contributed by atoms with van der Waals surface area (Å²) in [5.41, 5.74) is 0.825. The van der Waals surface area contributed by atoms with Gasteiger partial charge in [-0.3, -0.25) is 19.6 Å². The lowest BCUT2D eigenvalue weighted by atomic mass is 10.3. The minimum absolute atomic E-state index is 0.164. The molecule has 0 radical (unpaired) electrons. The summed E-state index contributed by atoms with van der Waals surface area (Å²) in [6, 6.07) is 0. The van der Waals surface area contributed by atoms with Gasteiger partial charge in [-0.2, -0.15) is 5.10 Å². The number of anilines is 1. The van der Waals surface area contributed by atoms with Gasteiger partial charge < -0.3 is 4.74 Å². The standard InChI is InChI=1S/C13H15N5O3S2/c1-3-21-11(20)8-22-13-17-16-12(23-13)15-10(19)5-4-9-6-14-18(2)7-9/h4-7H,3,8H2,1-2H3,(H,15,16,19). The van der Waals surface area contributed by atoms with Crippen LogP contribution in [0, 0.1) is 0 Å². The van der Waals surface area contributed by atoms with Gasteiger partial charge in [-0.1, -0.05) is 23.1 Å². The molecule has 2 heterocycles. The van der Waals surface area contributed by atoms with Crippen molar-refractivity contribution in [3.05, 3.63) is 24.0 Å². The highest BCUT2D eigenvalue weighted by atomic mass is 32.2. The molecule has 1 amide bonds. The summed E-state index contributed by atoms with van der Waals surface area (Å²) in [5.74, 6) is -0.457. The highest BCUT2D eigenvalue weighted by Crippen LogP contribution is 2.25. The van der Waals surface area contributed by atoms with Crippen molar-refractivity contribution in [1.82, 2.24) is 20.0 Å². The first-order valence-corrected chi connectivity index (χ1v) is 8.46. The Labute approximate surface area is 140 Å². The number of esters is 1. The zero-order valence-corrected chi connectivity index (χ0v) is 14.2. The van der Waals surface area contributed by atoms with E-state index in [0.717, 1.165) is 5.56 Å². The van der Waals surface area contributed by atoms with E-state index in [1.54, 1.807) is 37.1 Å². The summed E-state index contributed by atoms with van der Waals surface area (Å²) in [7, 11) is 1.80. The van der Waals surface area contributed by atoms with Crippen LogP contribution in [-0.2, 0) is 21.4 Å². The van der Waals surface area contributed by atoms with Crippen LogP contribution in [0.1, 0.15) is 12.5 Å². The Morgan fingerprint density at radius 2 is 2.30 bits per heavy atom. The topological polar surface area (TPSA) is 99.0 Å². The van der Waals surface area contributed by atoms with Gasteiger partial charge in [-0.15, -0.1) is 10.2 Å². The summed E-state index contributed by atoms with van der Waals surface area (Å²) >= 11 is 2.42. The molecule has 0 aromatic carbocycles. The minimum atomic E-state index is -0.313. The molecule has 0 aliphatic carbocycles. The highest BCUT2D eigenvalue weighted by Gasteiger charge is 2.09. The Hall–Kier alpha value is -2.20. The van der Waals surface area contributed by atoms with E-state index in [4.69, 9.17) is 4.74 Å². The molecule has 0 aliphatic rings. The number of thioether (sulfide) groups is 1. The molecule has 0 spiro atoms. The molecule has 0 unspecified atom stereocenters. The van der Waals surface area contributed by atoms with Crippen LogP contribution in [0.25, 0.3) is 6.08 Å². The monoisotopic (exact) mass is 353 g/mol. The summed E-state index contributed by atoms with van der Waals surface area (Å²) < 4.78 is 7.06. The van der Waals surface area contributed by atoms with Crippen molar-refractivity contribution >= 4 is 46.2 Å². The first-order valence-electron chi connectivity index (χ1n) is 6.66. The number of nitrogens with zero attached hydrogens (tertiary/aromatic N) is 4. The number of nitrogens with one attached hydrogen (secondary N) is 1. The summed E-state index contributed by atoms with van der Waals surface area (Å²) in [4.78, 5) is 23.0. The average molecular weight is 353 g/mol. The summed E-state index contributed by atoms with van der Waals surface area (Å²) in [6.45, 7) is 2.10. The molecular weight excluding hydrogens is 338 g/mol. The van der Waals surface area contributed by atoms with Gasteiger partial charge in [-0.05, 0) is 13.0 Å². The maximum absolute atomic E-state index is 11.8. The molecule has 10 heteroatoms. The van der Waals surface area contributed by atoms with Crippen LogP contribution in [0.15, 0.2) is 22.8 Å². The van der Waals surface area contributed by atoms with E-state index in [1.165, 1.54) is 29.2 Å². The number of rotatable bonds is 7. The molecule has 0 bridgehead atoms. The largest absolute Gasteiger partial charge is 0.465 e. The van der Waals surface area contributed by atoms with Crippen molar-refractivity contribution in [3.63, 3.8) is 0 Å². The predicted molar refractivity (Wildman–Crippen MR) is 88.1 cm³/mol. The number of aryl methyl sites for hydroxylation is 1. The first-order chi connectivity index (χ1) is 11.1. The minimum Gasteiger partial charge on any atom is -0.465 e. The smallest absolute Gasteiger partial charge is 0.316 e. The summed E-state index contributed by atoms with van der Waals surface area (Å²) in [6.07, 6.45) is 6.49. The Bertz CT molecular complexity index is 710. The van der Waals surface area contributed by atoms with Crippen LogP contribution < -0.4 is 5.32 Å². The van der Waals surface area contributed by atoms with Crippen LogP contribution in [0.4, 0.5) is 5.13 Å². The molecule has 0 atom stereocenters. The lowest BCUT2D eigenvalue weighted by Crippen LogP contribution is -2.07. The van der Waals surface area contributed by atoms with Gasteiger partial charge in [-0.25, -0.2) is 0 Å². The average Bonchev–Trinajstić information content (AvgIpc) is 3.12. The molecule has 1 N–H and O–H groups in total. The van der Waals surface area contributed by atoms with Crippen molar-refractivity contribution in [3.8, 4) is 0 Å². The normalized spacial score (nSPS) is 10.9.